The highest BCUT2D eigenvalue weighted by atomic mass is 19.1. The van der Waals surface area contributed by atoms with Gasteiger partial charge < -0.3 is 19.7 Å². The Morgan fingerprint density at radius 1 is 1.38 bits per heavy atom. The maximum atomic E-state index is 14.1. The summed E-state index contributed by atoms with van der Waals surface area (Å²) < 4.78 is 25.6. The van der Waals surface area contributed by atoms with Crippen molar-refractivity contribution in [2.75, 3.05) is 20.1 Å². The van der Waals surface area contributed by atoms with E-state index in [4.69, 9.17) is 9.47 Å². The topological polar surface area (TPSA) is 50.8 Å². The van der Waals surface area contributed by atoms with Crippen molar-refractivity contribution < 1.29 is 18.7 Å². The number of nitrogens with zero attached hydrogens (tertiary/aromatic N) is 1. The number of benzene rings is 1. The first-order chi connectivity index (χ1) is 11.3. The molecular weight excluding hydrogens is 311 g/mol. The van der Waals surface area contributed by atoms with E-state index in [1.165, 1.54) is 6.07 Å². The Kier molecular flexibility index (Phi) is 4.20. The third kappa shape index (κ3) is 2.95. The van der Waals surface area contributed by atoms with Crippen LogP contribution in [0.25, 0.3) is 0 Å². The molecule has 0 aromatic heterocycles. The zero-order valence-electron chi connectivity index (χ0n) is 14.7. The van der Waals surface area contributed by atoms with Gasteiger partial charge in [-0.05, 0) is 33.9 Å². The molecule has 1 spiro atoms. The normalized spacial score (nSPS) is 22.2. The molecule has 0 radical (unpaired) electrons. The number of hydrogen-bond donors (Lipinski definition) is 1. The van der Waals surface area contributed by atoms with E-state index in [-0.39, 0.29) is 18.0 Å². The lowest BCUT2D eigenvalue weighted by molar-refractivity contribution is -0.0235. The lowest BCUT2D eigenvalue weighted by Crippen LogP contribution is -2.53. The van der Waals surface area contributed by atoms with E-state index in [0.29, 0.717) is 31.7 Å². The predicted octanol–water partition coefficient (Wildman–Crippen LogP) is 3.25. The number of ether oxygens (including phenoxy) is 2. The van der Waals surface area contributed by atoms with Gasteiger partial charge in [0.05, 0.1) is 6.04 Å². The third-order valence-electron chi connectivity index (χ3n) is 4.69. The molecule has 1 amide bonds. The molecule has 1 aromatic carbocycles. The summed E-state index contributed by atoms with van der Waals surface area (Å²) in [5, 5.41) is 3.26. The number of carbonyl (C=O) groups excluding carboxylic acids is 1. The predicted molar refractivity (Wildman–Crippen MR) is 88.6 cm³/mol. The Bertz CT molecular complexity index is 634. The Morgan fingerprint density at radius 3 is 2.62 bits per heavy atom. The maximum Gasteiger partial charge on any atom is 0.410 e. The highest BCUT2D eigenvalue weighted by molar-refractivity contribution is 5.68. The number of likely N-dealkylation sites (tertiary alicyclic amines) is 1. The van der Waals surface area contributed by atoms with Gasteiger partial charge in [-0.1, -0.05) is 12.1 Å². The highest BCUT2D eigenvalue weighted by Crippen LogP contribution is 2.49. The average Bonchev–Trinajstić information content (AvgIpc) is 2.80. The second kappa shape index (κ2) is 5.92. The van der Waals surface area contributed by atoms with Crippen LogP contribution in [-0.4, -0.2) is 42.3 Å². The molecule has 2 heterocycles. The van der Waals surface area contributed by atoms with Gasteiger partial charge in [0, 0.05) is 31.5 Å². The first-order valence-corrected chi connectivity index (χ1v) is 8.38. The van der Waals surface area contributed by atoms with Crippen LogP contribution in [0, 0.1) is 5.82 Å². The fourth-order valence-corrected chi connectivity index (χ4v) is 3.61. The number of nitrogens with one attached hydrogen (secondary N) is 1. The summed E-state index contributed by atoms with van der Waals surface area (Å²) in [6.07, 6.45) is 0.956. The van der Waals surface area contributed by atoms with E-state index < -0.39 is 11.2 Å². The second-order valence-electron chi connectivity index (χ2n) is 7.51. The van der Waals surface area contributed by atoms with Gasteiger partial charge >= 0.3 is 6.09 Å². The molecule has 24 heavy (non-hydrogen) atoms. The van der Waals surface area contributed by atoms with E-state index in [2.05, 4.69) is 5.32 Å². The number of halogens is 1. The molecule has 1 atom stereocenters. The third-order valence-corrected chi connectivity index (χ3v) is 4.69. The van der Waals surface area contributed by atoms with Crippen LogP contribution in [0.5, 0.6) is 5.75 Å². The first-order valence-electron chi connectivity index (χ1n) is 8.38. The average molecular weight is 336 g/mol. The molecule has 1 saturated heterocycles. The Labute approximate surface area is 142 Å². The van der Waals surface area contributed by atoms with E-state index >= 15 is 0 Å². The van der Waals surface area contributed by atoms with Gasteiger partial charge in [0.25, 0.3) is 0 Å². The molecule has 1 aromatic rings. The van der Waals surface area contributed by atoms with Crippen molar-refractivity contribution in [1.29, 1.82) is 0 Å². The zero-order valence-corrected chi connectivity index (χ0v) is 14.7. The summed E-state index contributed by atoms with van der Waals surface area (Å²) in [4.78, 5) is 13.9. The smallest absolute Gasteiger partial charge is 0.410 e. The van der Waals surface area contributed by atoms with Crippen molar-refractivity contribution in [3.05, 3.63) is 29.6 Å². The highest BCUT2D eigenvalue weighted by Gasteiger charge is 2.51. The van der Waals surface area contributed by atoms with Crippen molar-refractivity contribution >= 4 is 6.09 Å². The molecule has 0 saturated carbocycles. The molecule has 0 bridgehead atoms. The summed E-state index contributed by atoms with van der Waals surface area (Å²) in [6, 6.07) is 4.94. The Hall–Kier alpha value is -1.82. The number of para-hydroxylation sites is 1. The number of fused-ring (bicyclic) bond motifs is 1. The van der Waals surface area contributed by atoms with Crippen LogP contribution in [0.15, 0.2) is 18.2 Å². The summed E-state index contributed by atoms with van der Waals surface area (Å²) in [6.45, 7) is 6.62. The van der Waals surface area contributed by atoms with E-state index in [1.54, 1.807) is 11.0 Å². The molecule has 1 unspecified atom stereocenters. The van der Waals surface area contributed by atoms with Crippen LogP contribution >= 0.6 is 0 Å². The van der Waals surface area contributed by atoms with E-state index in [1.807, 2.05) is 33.9 Å². The second-order valence-corrected chi connectivity index (χ2v) is 7.51. The van der Waals surface area contributed by atoms with Crippen molar-refractivity contribution in [3.8, 4) is 5.75 Å². The van der Waals surface area contributed by atoms with Crippen LogP contribution in [0.4, 0.5) is 9.18 Å². The van der Waals surface area contributed by atoms with Crippen molar-refractivity contribution in [2.24, 2.45) is 0 Å². The molecule has 132 valence electrons. The summed E-state index contributed by atoms with van der Waals surface area (Å²) >= 11 is 0. The van der Waals surface area contributed by atoms with E-state index in [9.17, 15) is 9.18 Å². The molecule has 5 nitrogen and oxygen atoms in total. The SMILES string of the molecule is CNC1c2cccc(F)c2OC12CCN(C(=O)OC(C)(C)C)CC2. The number of carbonyl (C=O) groups is 1. The lowest BCUT2D eigenvalue weighted by Gasteiger charge is -2.42. The Balaban J connectivity index is 1.74. The zero-order chi connectivity index (χ0) is 17.5. The van der Waals surface area contributed by atoms with Crippen LogP contribution < -0.4 is 10.1 Å². The number of amides is 1. The minimum atomic E-state index is -0.516. The first kappa shape index (κ1) is 17.0. The summed E-state index contributed by atoms with van der Waals surface area (Å²) in [7, 11) is 1.86. The lowest BCUT2D eigenvalue weighted by atomic mass is 9.82. The van der Waals surface area contributed by atoms with Crippen LogP contribution in [0.2, 0.25) is 0 Å². The number of hydrogen-bond acceptors (Lipinski definition) is 4. The van der Waals surface area contributed by atoms with Crippen LogP contribution in [0.3, 0.4) is 0 Å². The van der Waals surface area contributed by atoms with Crippen LogP contribution in [-0.2, 0) is 4.74 Å². The maximum absolute atomic E-state index is 14.1. The van der Waals surface area contributed by atoms with Gasteiger partial charge in [0.15, 0.2) is 11.6 Å². The van der Waals surface area contributed by atoms with Gasteiger partial charge in [-0.25, -0.2) is 9.18 Å². The number of piperidine rings is 1. The number of likely N-dealkylation sites (N-methyl/N-ethyl adjacent to an activating group) is 1. The van der Waals surface area contributed by atoms with Gasteiger partial charge in [-0.15, -0.1) is 0 Å². The largest absolute Gasteiger partial charge is 0.482 e. The molecule has 6 heteroatoms. The molecule has 1 N–H and O–H groups in total. The Morgan fingerprint density at radius 2 is 2.04 bits per heavy atom. The minimum Gasteiger partial charge on any atom is -0.482 e. The molecule has 2 aliphatic heterocycles. The molecular formula is C18H25FN2O3. The quantitative estimate of drug-likeness (QED) is 0.855. The fourth-order valence-electron chi connectivity index (χ4n) is 3.61. The van der Waals surface area contributed by atoms with Gasteiger partial charge in [-0.3, -0.25) is 0 Å². The van der Waals surface area contributed by atoms with Gasteiger partial charge in [-0.2, -0.15) is 0 Å². The van der Waals surface area contributed by atoms with Crippen LogP contribution in [0.1, 0.15) is 45.2 Å². The van der Waals surface area contributed by atoms with Gasteiger partial charge in [0.1, 0.15) is 11.2 Å². The standard InChI is InChI=1S/C18H25FN2O3/c1-17(2,3)24-16(22)21-10-8-18(9-11-21)15(20-4)12-6-5-7-13(19)14(12)23-18/h5-7,15,20H,8-11H2,1-4H3. The monoisotopic (exact) mass is 336 g/mol. The van der Waals surface area contributed by atoms with Crippen molar-refractivity contribution in [2.45, 2.75) is 50.9 Å². The minimum absolute atomic E-state index is 0.0796. The summed E-state index contributed by atoms with van der Waals surface area (Å²) in [5.41, 5.74) is -0.177. The molecule has 3 rings (SSSR count). The van der Waals surface area contributed by atoms with Crippen molar-refractivity contribution in [3.63, 3.8) is 0 Å². The molecule has 0 aliphatic carbocycles. The van der Waals surface area contributed by atoms with E-state index in [0.717, 1.165) is 5.56 Å². The summed E-state index contributed by atoms with van der Waals surface area (Å²) in [5.74, 6) is 0.00163. The van der Waals surface area contributed by atoms with Gasteiger partial charge in [0.2, 0.25) is 0 Å². The molecule has 2 aliphatic rings. The molecule has 1 fully saturated rings. The van der Waals surface area contributed by atoms with Crippen molar-refractivity contribution in [1.82, 2.24) is 10.2 Å². The number of rotatable bonds is 1. The fraction of sp³-hybridized carbons (Fsp3) is 0.611.